The van der Waals surface area contributed by atoms with Crippen LogP contribution in [0.15, 0.2) is 54.6 Å². The highest BCUT2D eigenvalue weighted by Gasteiger charge is 2.33. The summed E-state index contributed by atoms with van der Waals surface area (Å²) in [5, 5.41) is 7.06. The fraction of sp³-hybridized carbons (Fsp3) is 0.360. The summed E-state index contributed by atoms with van der Waals surface area (Å²) in [5.41, 5.74) is 1.50. The zero-order valence-corrected chi connectivity index (χ0v) is 18.6. The minimum atomic E-state index is -4.51. The number of carbonyl (C=O) groups excluding carboxylic acids is 1. The minimum Gasteiger partial charge on any atom is -0.382 e. The van der Waals surface area contributed by atoms with Crippen molar-refractivity contribution in [3.05, 3.63) is 65.9 Å². The van der Waals surface area contributed by atoms with Crippen LogP contribution >= 0.6 is 0 Å². The van der Waals surface area contributed by atoms with E-state index in [0.29, 0.717) is 22.2 Å². The number of fused-ring (bicyclic) bond motifs is 1. The minimum absolute atomic E-state index is 0.0319. The number of nitrogens with zero attached hydrogens (tertiary/aromatic N) is 2. The third-order valence-corrected chi connectivity index (χ3v) is 6.07. The number of hydrogen-bond donors (Lipinski definition) is 2. The number of aromatic nitrogens is 1. The van der Waals surface area contributed by atoms with Gasteiger partial charge in [-0.3, -0.25) is 4.79 Å². The van der Waals surface area contributed by atoms with E-state index in [9.17, 15) is 18.0 Å². The zero-order valence-electron chi connectivity index (χ0n) is 18.6. The number of pyridine rings is 1. The highest BCUT2D eigenvalue weighted by atomic mass is 19.4. The second-order valence-corrected chi connectivity index (χ2v) is 8.68. The van der Waals surface area contributed by atoms with Gasteiger partial charge in [0.25, 0.3) is 5.91 Å². The number of alkyl halides is 3. The van der Waals surface area contributed by atoms with E-state index in [1.165, 1.54) is 0 Å². The van der Waals surface area contributed by atoms with E-state index in [1.807, 2.05) is 43.3 Å². The van der Waals surface area contributed by atoms with E-state index in [0.717, 1.165) is 37.4 Å². The Morgan fingerprint density at radius 2 is 1.61 bits per heavy atom. The lowest BCUT2D eigenvalue weighted by atomic mass is 9.90. The number of anilines is 2. The second-order valence-electron chi connectivity index (χ2n) is 8.68. The summed E-state index contributed by atoms with van der Waals surface area (Å²) >= 11 is 0. The van der Waals surface area contributed by atoms with E-state index >= 15 is 0 Å². The standard InChI is InChI=1S/C25H27F3N4O/c1-32(2)19-13-7-16(8-14-19)24(33)30-18-11-9-17(10-12-18)29-22-15-23(25(26,27)28)31-21-6-4-3-5-20(21)22/h3-8,13-15,17-18H,9-12H2,1-2H3,(H,29,31)(H,30,33)/t17-,18+. The van der Waals surface area contributed by atoms with Crippen LogP contribution in [-0.4, -0.2) is 37.1 Å². The number of benzene rings is 2. The molecule has 0 atom stereocenters. The topological polar surface area (TPSA) is 57.3 Å². The molecule has 0 aliphatic heterocycles. The van der Waals surface area contributed by atoms with Gasteiger partial charge in [0.05, 0.1) is 5.52 Å². The highest BCUT2D eigenvalue weighted by molar-refractivity contribution is 5.94. The summed E-state index contributed by atoms with van der Waals surface area (Å²) in [4.78, 5) is 18.3. The van der Waals surface area contributed by atoms with Crippen molar-refractivity contribution in [1.82, 2.24) is 10.3 Å². The average Bonchev–Trinajstić information content (AvgIpc) is 2.79. The summed E-state index contributed by atoms with van der Waals surface area (Å²) in [6.45, 7) is 0. The van der Waals surface area contributed by atoms with Crippen molar-refractivity contribution in [2.45, 2.75) is 43.9 Å². The first-order valence-electron chi connectivity index (χ1n) is 11.0. The molecule has 1 aromatic heterocycles. The molecule has 0 radical (unpaired) electrons. The molecule has 0 saturated heterocycles. The zero-order chi connectivity index (χ0) is 23.6. The Kier molecular flexibility index (Phi) is 6.44. The Morgan fingerprint density at radius 1 is 0.970 bits per heavy atom. The van der Waals surface area contributed by atoms with Crippen LogP contribution in [0, 0.1) is 0 Å². The molecule has 8 heteroatoms. The van der Waals surface area contributed by atoms with E-state index in [2.05, 4.69) is 15.6 Å². The maximum Gasteiger partial charge on any atom is 0.433 e. The largest absolute Gasteiger partial charge is 0.433 e. The van der Waals surface area contributed by atoms with Gasteiger partial charge in [-0.1, -0.05) is 18.2 Å². The lowest BCUT2D eigenvalue weighted by molar-refractivity contribution is -0.140. The number of halogens is 3. The fourth-order valence-corrected chi connectivity index (χ4v) is 4.22. The SMILES string of the molecule is CN(C)c1ccc(C(=O)N[C@H]2CC[C@@H](Nc3cc(C(F)(F)F)nc4ccccc34)CC2)cc1. The molecule has 1 fully saturated rings. The van der Waals surface area contributed by atoms with Crippen molar-refractivity contribution >= 4 is 28.2 Å². The lowest BCUT2D eigenvalue weighted by Gasteiger charge is -2.30. The molecule has 1 heterocycles. The quantitative estimate of drug-likeness (QED) is 0.534. The van der Waals surface area contributed by atoms with E-state index in [4.69, 9.17) is 0 Å². The van der Waals surface area contributed by atoms with E-state index < -0.39 is 11.9 Å². The number of nitrogens with one attached hydrogen (secondary N) is 2. The molecule has 4 rings (SSSR count). The molecule has 33 heavy (non-hydrogen) atoms. The first kappa shape index (κ1) is 22.9. The van der Waals surface area contributed by atoms with Crippen LogP contribution in [0.1, 0.15) is 41.7 Å². The molecule has 1 aliphatic rings. The van der Waals surface area contributed by atoms with Crippen molar-refractivity contribution in [3.63, 3.8) is 0 Å². The van der Waals surface area contributed by atoms with Crippen LogP contribution in [0.2, 0.25) is 0 Å². The van der Waals surface area contributed by atoms with Crippen LogP contribution in [0.3, 0.4) is 0 Å². The molecule has 1 aliphatic carbocycles. The van der Waals surface area contributed by atoms with Gasteiger partial charge in [-0.25, -0.2) is 4.98 Å². The van der Waals surface area contributed by atoms with Gasteiger partial charge < -0.3 is 15.5 Å². The number of amides is 1. The third-order valence-electron chi connectivity index (χ3n) is 6.07. The van der Waals surface area contributed by atoms with E-state index in [1.54, 1.807) is 24.3 Å². The summed E-state index contributed by atoms with van der Waals surface area (Å²) in [6.07, 6.45) is -1.49. The monoisotopic (exact) mass is 456 g/mol. The molecule has 0 bridgehead atoms. The Labute approximate surface area is 191 Å². The molecule has 2 aromatic carbocycles. The molecule has 1 saturated carbocycles. The van der Waals surface area contributed by atoms with Crippen molar-refractivity contribution in [1.29, 1.82) is 0 Å². The molecule has 1 amide bonds. The van der Waals surface area contributed by atoms with Crippen molar-refractivity contribution in [3.8, 4) is 0 Å². The number of hydrogen-bond acceptors (Lipinski definition) is 4. The van der Waals surface area contributed by atoms with Crippen LogP contribution in [0.4, 0.5) is 24.5 Å². The Bertz CT molecular complexity index is 1120. The Hall–Kier alpha value is -3.29. The van der Waals surface area contributed by atoms with Gasteiger partial charge in [0.1, 0.15) is 5.69 Å². The molecular formula is C25H27F3N4O. The predicted molar refractivity (Wildman–Crippen MR) is 125 cm³/mol. The van der Waals surface area contributed by atoms with Gasteiger partial charge in [0.15, 0.2) is 0 Å². The predicted octanol–water partition coefficient (Wildman–Crippen LogP) is 5.47. The van der Waals surface area contributed by atoms with Gasteiger partial charge >= 0.3 is 6.18 Å². The maximum atomic E-state index is 13.3. The van der Waals surface area contributed by atoms with Crippen LogP contribution in [0.25, 0.3) is 10.9 Å². The molecule has 0 spiro atoms. The van der Waals surface area contributed by atoms with Crippen molar-refractivity contribution in [2.75, 3.05) is 24.3 Å². The number of para-hydroxylation sites is 1. The van der Waals surface area contributed by atoms with E-state index in [-0.39, 0.29) is 18.0 Å². The number of rotatable bonds is 5. The summed E-state index contributed by atoms with van der Waals surface area (Å²) in [7, 11) is 3.89. The summed E-state index contributed by atoms with van der Waals surface area (Å²) < 4.78 is 39.9. The van der Waals surface area contributed by atoms with Crippen LogP contribution in [-0.2, 0) is 6.18 Å². The Balaban J connectivity index is 1.39. The second kappa shape index (κ2) is 9.29. The lowest BCUT2D eigenvalue weighted by Crippen LogP contribution is -2.40. The van der Waals surface area contributed by atoms with Crippen molar-refractivity contribution < 1.29 is 18.0 Å². The summed E-state index contributed by atoms with van der Waals surface area (Å²) in [5.74, 6) is -0.105. The van der Waals surface area contributed by atoms with Gasteiger partial charge in [-0.2, -0.15) is 13.2 Å². The van der Waals surface area contributed by atoms with Gasteiger partial charge in [0, 0.05) is 48.5 Å². The maximum absolute atomic E-state index is 13.3. The normalized spacial score (nSPS) is 18.7. The third kappa shape index (κ3) is 5.38. The van der Waals surface area contributed by atoms with Gasteiger partial charge in [-0.15, -0.1) is 0 Å². The van der Waals surface area contributed by atoms with Crippen molar-refractivity contribution in [2.24, 2.45) is 0 Å². The molecule has 0 unspecified atom stereocenters. The highest BCUT2D eigenvalue weighted by Crippen LogP contribution is 2.34. The molecule has 5 nitrogen and oxygen atoms in total. The summed E-state index contributed by atoms with van der Waals surface area (Å²) in [6, 6.07) is 15.4. The Morgan fingerprint density at radius 3 is 2.24 bits per heavy atom. The smallest absolute Gasteiger partial charge is 0.382 e. The van der Waals surface area contributed by atoms with Gasteiger partial charge in [-0.05, 0) is 62.1 Å². The first-order chi connectivity index (χ1) is 15.7. The van der Waals surface area contributed by atoms with Gasteiger partial charge in [0.2, 0.25) is 0 Å². The first-order valence-corrected chi connectivity index (χ1v) is 11.0. The molecule has 174 valence electrons. The molecule has 2 N–H and O–H groups in total. The fourth-order valence-electron chi connectivity index (χ4n) is 4.22. The van der Waals surface area contributed by atoms with Crippen LogP contribution in [0.5, 0.6) is 0 Å². The average molecular weight is 457 g/mol. The van der Waals surface area contributed by atoms with Crippen LogP contribution < -0.4 is 15.5 Å². The number of carbonyl (C=O) groups is 1. The molecular weight excluding hydrogens is 429 g/mol. The molecule has 3 aromatic rings.